The molecule has 22 heavy (non-hydrogen) atoms. The number of rotatable bonds is 1. The van der Waals surface area contributed by atoms with Gasteiger partial charge in [0.15, 0.2) is 0 Å². The van der Waals surface area contributed by atoms with Crippen LogP contribution in [0.15, 0.2) is 30.3 Å². The van der Waals surface area contributed by atoms with Crippen molar-refractivity contribution < 1.29 is 9.53 Å². The second-order valence-corrected chi connectivity index (χ2v) is 7.32. The molecule has 0 spiro atoms. The van der Waals surface area contributed by atoms with Gasteiger partial charge in [0.05, 0.1) is 17.1 Å². The molecule has 3 nitrogen and oxygen atoms in total. The van der Waals surface area contributed by atoms with Gasteiger partial charge in [0, 0.05) is 4.88 Å². The maximum Gasteiger partial charge on any atom is 0.268 e. The lowest BCUT2D eigenvalue weighted by atomic mass is 9.90. The van der Waals surface area contributed by atoms with E-state index >= 15 is 0 Å². The highest BCUT2D eigenvalue weighted by Gasteiger charge is 2.27. The predicted octanol–water partition coefficient (Wildman–Crippen LogP) is 3.91. The molecular weight excluding hydrogens is 294 g/mol. The maximum absolute atomic E-state index is 12.9. The van der Waals surface area contributed by atoms with E-state index in [4.69, 9.17) is 4.74 Å². The third kappa shape index (κ3) is 2.31. The first-order valence-corrected chi connectivity index (χ1v) is 8.69. The van der Waals surface area contributed by atoms with Gasteiger partial charge in [-0.05, 0) is 48.9 Å². The highest BCUT2D eigenvalue weighted by molar-refractivity contribution is 7.14. The SMILES string of the molecule is CC1CCc2sc(C(=O)N3CCOc4ccccc43)cc2C1. The van der Waals surface area contributed by atoms with Gasteiger partial charge < -0.3 is 9.64 Å². The summed E-state index contributed by atoms with van der Waals surface area (Å²) in [5.74, 6) is 1.65. The number of para-hydroxylation sites is 2. The Kier molecular flexibility index (Phi) is 3.41. The molecule has 114 valence electrons. The second-order valence-electron chi connectivity index (χ2n) is 6.18. The van der Waals surface area contributed by atoms with E-state index in [1.807, 2.05) is 29.2 Å². The average Bonchev–Trinajstić information content (AvgIpc) is 2.96. The third-order valence-electron chi connectivity index (χ3n) is 4.51. The summed E-state index contributed by atoms with van der Waals surface area (Å²) in [6.45, 7) is 3.47. The molecule has 0 saturated heterocycles. The van der Waals surface area contributed by atoms with E-state index < -0.39 is 0 Å². The summed E-state index contributed by atoms with van der Waals surface area (Å²) >= 11 is 1.68. The molecule has 0 fully saturated rings. The van der Waals surface area contributed by atoms with Gasteiger partial charge in [-0.1, -0.05) is 19.1 Å². The number of hydrogen-bond donors (Lipinski definition) is 0. The van der Waals surface area contributed by atoms with Gasteiger partial charge in [0.1, 0.15) is 12.4 Å². The molecule has 1 aliphatic carbocycles. The number of aryl methyl sites for hydroxylation is 1. The molecule has 1 amide bonds. The number of nitrogens with zero attached hydrogens (tertiary/aromatic N) is 1. The van der Waals surface area contributed by atoms with Crippen molar-refractivity contribution in [1.29, 1.82) is 0 Å². The zero-order valence-electron chi connectivity index (χ0n) is 12.7. The van der Waals surface area contributed by atoms with Crippen LogP contribution in [-0.2, 0) is 12.8 Å². The first-order chi connectivity index (χ1) is 10.7. The molecule has 2 aromatic rings. The molecule has 1 aliphatic heterocycles. The number of hydrogen-bond acceptors (Lipinski definition) is 3. The molecule has 0 N–H and O–H groups in total. The van der Waals surface area contributed by atoms with Crippen LogP contribution in [-0.4, -0.2) is 19.1 Å². The summed E-state index contributed by atoms with van der Waals surface area (Å²) in [5, 5.41) is 0. The van der Waals surface area contributed by atoms with Crippen LogP contribution in [0.2, 0.25) is 0 Å². The Balaban J connectivity index is 1.66. The number of ether oxygens (including phenoxy) is 1. The smallest absolute Gasteiger partial charge is 0.268 e. The molecule has 0 radical (unpaired) electrons. The van der Waals surface area contributed by atoms with E-state index in [0.29, 0.717) is 13.2 Å². The Hall–Kier alpha value is -1.81. The van der Waals surface area contributed by atoms with Gasteiger partial charge in [0.25, 0.3) is 5.91 Å². The van der Waals surface area contributed by atoms with Crippen molar-refractivity contribution in [2.75, 3.05) is 18.1 Å². The van der Waals surface area contributed by atoms with Crippen LogP contribution in [0.25, 0.3) is 0 Å². The predicted molar refractivity (Wildman–Crippen MR) is 89.1 cm³/mol. The van der Waals surface area contributed by atoms with Crippen molar-refractivity contribution in [2.24, 2.45) is 5.92 Å². The lowest BCUT2D eigenvalue weighted by molar-refractivity contribution is 0.0980. The number of anilines is 1. The molecule has 4 heteroatoms. The zero-order chi connectivity index (χ0) is 15.1. The minimum absolute atomic E-state index is 0.114. The van der Waals surface area contributed by atoms with Crippen LogP contribution >= 0.6 is 11.3 Å². The Morgan fingerprint density at radius 2 is 2.23 bits per heavy atom. The summed E-state index contributed by atoms with van der Waals surface area (Å²) in [4.78, 5) is 17.1. The van der Waals surface area contributed by atoms with Crippen molar-refractivity contribution in [1.82, 2.24) is 0 Å². The minimum atomic E-state index is 0.114. The number of fused-ring (bicyclic) bond motifs is 2. The molecule has 0 bridgehead atoms. The zero-order valence-corrected chi connectivity index (χ0v) is 13.5. The van der Waals surface area contributed by atoms with Gasteiger partial charge >= 0.3 is 0 Å². The van der Waals surface area contributed by atoms with Gasteiger partial charge in [-0.2, -0.15) is 0 Å². The van der Waals surface area contributed by atoms with E-state index in [1.54, 1.807) is 11.3 Å². The van der Waals surface area contributed by atoms with Crippen LogP contribution in [0, 0.1) is 5.92 Å². The molecule has 1 unspecified atom stereocenters. The highest BCUT2D eigenvalue weighted by atomic mass is 32.1. The lowest BCUT2D eigenvalue weighted by Crippen LogP contribution is -2.37. The summed E-state index contributed by atoms with van der Waals surface area (Å²) in [5.41, 5.74) is 2.27. The van der Waals surface area contributed by atoms with Crippen LogP contribution in [0.4, 0.5) is 5.69 Å². The fraction of sp³-hybridized carbons (Fsp3) is 0.389. The van der Waals surface area contributed by atoms with Crippen LogP contribution in [0.1, 0.15) is 33.5 Å². The Labute approximate surface area is 134 Å². The molecule has 1 aromatic heterocycles. The van der Waals surface area contributed by atoms with Crippen LogP contribution in [0.5, 0.6) is 5.75 Å². The van der Waals surface area contributed by atoms with E-state index in [1.165, 1.54) is 16.9 Å². The molecular formula is C18H19NO2S. The van der Waals surface area contributed by atoms with E-state index in [2.05, 4.69) is 13.0 Å². The fourth-order valence-electron chi connectivity index (χ4n) is 3.32. The van der Waals surface area contributed by atoms with Crippen LogP contribution < -0.4 is 9.64 Å². The normalized spacial score (nSPS) is 20.0. The first-order valence-electron chi connectivity index (χ1n) is 7.87. The standard InChI is InChI=1S/C18H19NO2S/c1-12-6-7-16-13(10-12)11-17(22-16)18(20)19-8-9-21-15-5-3-2-4-14(15)19/h2-5,11-12H,6-10H2,1H3. The topological polar surface area (TPSA) is 29.5 Å². The monoisotopic (exact) mass is 313 g/mol. The highest BCUT2D eigenvalue weighted by Crippen LogP contribution is 2.36. The average molecular weight is 313 g/mol. The maximum atomic E-state index is 12.9. The number of carbonyl (C=O) groups excluding carboxylic acids is 1. The minimum Gasteiger partial charge on any atom is -0.490 e. The molecule has 2 heterocycles. The summed E-state index contributed by atoms with van der Waals surface area (Å²) in [6, 6.07) is 9.90. The quantitative estimate of drug-likeness (QED) is 0.799. The summed E-state index contributed by atoms with van der Waals surface area (Å²) in [7, 11) is 0. The van der Waals surface area contributed by atoms with Crippen molar-refractivity contribution in [3.8, 4) is 5.75 Å². The van der Waals surface area contributed by atoms with Crippen molar-refractivity contribution in [3.05, 3.63) is 45.6 Å². The number of thiophene rings is 1. The fourth-order valence-corrected chi connectivity index (χ4v) is 4.48. The van der Waals surface area contributed by atoms with Gasteiger partial charge in [-0.15, -0.1) is 11.3 Å². The lowest BCUT2D eigenvalue weighted by Gasteiger charge is -2.29. The van der Waals surface area contributed by atoms with E-state index in [0.717, 1.165) is 35.1 Å². The third-order valence-corrected chi connectivity index (χ3v) is 5.74. The van der Waals surface area contributed by atoms with E-state index in [9.17, 15) is 4.79 Å². The van der Waals surface area contributed by atoms with Gasteiger partial charge in [0.2, 0.25) is 0 Å². The van der Waals surface area contributed by atoms with Gasteiger partial charge in [-0.3, -0.25) is 4.79 Å². The second kappa shape index (κ2) is 5.43. The van der Waals surface area contributed by atoms with Crippen molar-refractivity contribution >= 4 is 22.9 Å². The summed E-state index contributed by atoms with van der Waals surface area (Å²) in [6.07, 6.45) is 3.47. The number of benzene rings is 1. The Bertz CT molecular complexity index is 722. The number of amides is 1. The van der Waals surface area contributed by atoms with E-state index in [-0.39, 0.29) is 5.91 Å². The van der Waals surface area contributed by atoms with Crippen LogP contribution in [0.3, 0.4) is 0 Å². The first kappa shape index (κ1) is 13.8. The molecule has 0 saturated carbocycles. The molecule has 1 aromatic carbocycles. The largest absolute Gasteiger partial charge is 0.490 e. The number of carbonyl (C=O) groups is 1. The van der Waals surface area contributed by atoms with Crippen molar-refractivity contribution in [2.45, 2.75) is 26.2 Å². The van der Waals surface area contributed by atoms with Gasteiger partial charge in [-0.25, -0.2) is 0 Å². The molecule has 1 atom stereocenters. The Morgan fingerprint density at radius 3 is 3.14 bits per heavy atom. The summed E-state index contributed by atoms with van der Waals surface area (Å²) < 4.78 is 5.64. The molecule has 4 rings (SSSR count). The van der Waals surface area contributed by atoms with Crippen molar-refractivity contribution in [3.63, 3.8) is 0 Å². The Morgan fingerprint density at radius 1 is 1.36 bits per heavy atom. The molecule has 2 aliphatic rings.